The summed E-state index contributed by atoms with van der Waals surface area (Å²) in [5, 5.41) is 2.92. The number of aromatic nitrogens is 2. The van der Waals surface area contributed by atoms with Crippen LogP contribution in [0.3, 0.4) is 0 Å². The maximum absolute atomic E-state index is 12.7. The van der Waals surface area contributed by atoms with Gasteiger partial charge in [0.2, 0.25) is 5.91 Å². The highest BCUT2D eigenvalue weighted by atomic mass is 16.2. The van der Waals surface area contributed by atoms with Crippen molar-refractivity contribution < 1.29 is 9.59 Å². The Morgan fingerprint density at radius 2 is 2.07 bits per heavy atom. The summed E-state index contributed by atoms with van der Waals surface area (Å²) in [4.78, 5) is 37.8. The van der Waals surface area contributed by atoms with Gasteiger partial charge in [0.05, 0.1) is 5.92 Å². The zero-order chi connectivity index (χ0) is 20.6. The van der Waals surface area contributed by atoms with Gasteiger partial charge >= 0.3 is 0 Å². The molecule has 1 fully saturated rings. The van der Waals surface area contributed by atoms with Crippen molar-refractivity contribution in [2.24, 2.45) is 5.92 Å². The molecule has 2 amide bonds. The summed E-state index contributed by atoms with van der Waals surface area (Å²) in [6.45, 7) is 7.40. The molecule has 1 aliphatic heterocycles. The predicted molar refractivity (Wildman–Crippen MR) is 113 cm³/mol. The van der Waals surface area contributed by atoms with Gasteiger partial charge in [-0.25, -0.2) is 4.98 Å². The maximum atomic E-state index is 12.7. The van der Waals surface area contributed by atoms with E-state index < -0.39 is 0 Å². The molecule has 0 spiro atoms. The maximum Gasteiger partial charge on any atom is 0.251 e. The van der Waals surface area contributed by atoms with Gasteiger partial charge in [-0.2, -0.15) is 0 Å². The molecule has 2 aromatic rings. The number of carbonyl (C=O) groups excluding carboxylic acids is 2. The van der Waals surface area contributed by atoms with Crippen molar-refractivity contribution >= 4 is 17.6 Å². The van der Waals surface area contributed by atoms with Gasteiger partial charge in [0.15, 0.2) is 0 Å². The minimum absolute atomic E-state index is 0.0199. The highest BCUT2D eigenvalue weighted by molar-refractivity contribution is 5.94. The van der Waals surface area contributed by atoms with E-state index in [0.717, 1.165) is 43.9 Å². The first kappa shape index (κ1) is 20.8. The average molecular weight is 396 g/mol. The Labute approximate surface area is 172 Å². The van der Waals surface area contributed by atoms with Crippen molar-refractivity contribution in [1.82, 2.24) is 20.2 Å². The van der Waals surface area contributed by atoms with Crippen LogP contribution in [-0.4, -0.2) is 52.9 Å². The van der Waals surface area contributed by atoms with E-state index in [4.69, 9.17) is 0 Å². The molecular weight excluding hydrogens is 366 g/mol. The molecule has 0 radical (unpaired) electrons. The van der Waals surface area contributed by atoms with Crippen LogP contribution in [-0.2, 0) is 11.3 Å². The minimum atomic E-state index is -0.148. The largest absolute Gasteiger partial charge is 0.356 e. The highest BCUT2D eigenvalue weighted by Gasteiger charge is 2.29. The Hall–Kier alpha value is -2.96. The van der Waals surface area contributed by atoms with Crippen LogP contribution in [0.1, 0.15) is 42.6 Å². The Bertz CT molecular complexity index is 823. The first-order chi connectivity index (χ1) is 14.1. The van der Waals surface area contributed by atoms with E-state index in [2.05, 4.69) is 20.2 Å². The summed E-state index contributed by atoms with van der Waals surface area (Å²) in [6, 6.07) is 7.29. The first-order valence-electron chi connectivity index (χ1n) is 10.3. The molecule has 0 aromatic carbocycles. The topological polar surface area (TPSA) is 78.4 Å². The standard InChI is InChI=1S/C22H29N5O2/c1-3-26(4-2)22(29)19-8-6-12-27(16-19)20-13-18(9-11-24-20)21(28)25-15-17-7-5-10-23-14-17/h5,7,9-11,13-14,19H,3-4,6,8,12,15-16H2,1-2H3,(H,25,28). The number of amides is 2. The summed E-state index contributed by atoms with van der Waals surface area (Å²) in [5.41, 5.74) is 1.51. The highest BCUT2D eigenvalue weighted by Crippen LogP contribution is 2.23. The van der Waals surface area contributed by atoms with Crippen molar-refractivity contribution in [2.75, 3.05) is 31.1 Å². The van der Waals surface area contributed by atoms with E-state index >= 15 is 0 Å². The van der Waals surface area contributed by atoms with Crippen LogP contribution in [0.15, 0.2) is 42.9 Å². The van der Waals surface area contributed by atoms with Crippen LogP contribution >= 0.6 is 0 Å². The summed E-state index contributed by atoms with van der Waals surface area (Å²) in [5.74, 6) is 0.792. The number of anilines is 1. The molecule has 7 nitrogen and oxygen atoms in total. The van der Waals surface area contributed by atoms with Crippen LogP contribution in [0.4, 0.5) is 5.82 Å². The normalized spacial score (nSPS) is 16.3. The second kappa shape index (κ2) is 10.0. The number of nitrogens with zero attached hydrogens (tertiary/aromatic N) is 4. The molecule has 1 unspecified atom stereocenters. The molecule has 3 heterocycles. The SMILES string of the molecule is CCN(CC)C(=O)C1CCCN(c2cc(C(=O)NCc3cccnc3)ccn2)C1. The second-order valence-corrected chi connectivity index (χ2v) is 7.24. The molecule has 2 aromatic heterocycles. The molecule has 154 valence electrons. The van der Waals surface area contributed by atoms with Crippen molar-refractivity contribution in [2.45, 2.75) is 33.2 Å². The predicted octanol–water partition coefficient (Wildman–Crippen LogP) is 2.49. The van der Waals surface area contributed by atoms with Crippen LogP contribution < -0.4 is 10.2 Å². The third kappa shape index (κ3) is 5.31. The number of piperidine rings is 1. The van der Waals surface area contributed by atoms with Gasteiger partial charge in [-0.15, -0.1) is 0 Å². The van der Waals surface area contributed by atoms with Crippen molar-refractivity contribution in [1.29, 1.82) is 0 Å². The Balaban J connectivity index is 1.65. The molecular formula is C22H29N5O2. The van der Waals surface area contributed by atoms with Gasteiger partial charge in [0.25, 0.3) is 5.91 Å². The summed E-state index contributed by atoms with van der Waals surface area (Å²) < 4.78 is 0. The fraction of sp³-hybridized carbons (Fsp3) is 0.455. The summed E-state index contributed by atoms with van der Waals surface area (Å²) >= 11 is 0. The quantitative estimate of drug-likeness (QED) is 0.779. The van der Waals surface area contributed by atoms with E-state index in [1.54, 1.807) is 24.7 Å². The number of carbonyl (C=O) groups is 2. The lowest BCUT2D eigenvalue weighted by atomic mass is 9.96. The first-order valence-corrected chi connectivity index (χ1v) is 10.3. The number of rotatable bonds is 7. The minimum Gasteiger partial charge on any atom is -0.356 e. The van der Waals surface area contributed by atoms with Crippen molar-refractivity contribution in [3.8, 4) is 0 Å². The zero-order valence-corrected chi connectivity index (χ0v) is 17.2. The van der Waals surface area contributed by atoms with Gasteiger partial charge < -0.3 is 15.1 Å². The Morgan fingerprint density at radius 3 is 2.79 bits per heavy atom. The van der Waals surface area contributed by atoms with E-state index in [1.807, 2.05) is 36.9 Å². The van der Waals surface area contributed by atoms with Crippen molar-refractivity contribution in [3.63, 3.8) is 0 Å². The lowest BCUT2D eigenvalue weighted by molar-refractivity contribution is -0.135. The summed E-state index contributed by atoms with van der Waals surface area (Å²) in [6.07, 6.45) is 6.94. The fourth-order valence-electron chi connectivity index (χ4n) is 3.70. The third-order valence-corrected chi connectivity index (χ3v) is 5.35. The lowest BCUT2D eigenvalue weighted by Crippen LogP contribution is -2.45. The molecule has 1 N–H and O–H groups in total. The van der Waals surface area contributed by atoms with Gasteiger partial charge in [0, 0.05) is 56.9 Å². The molecule has 29 heavy (non-hydrogen) atoms. The third-order valence-electron chi connectivity index (χ3n) is 5.35. The average Bonchev–Trinajstić information content (AvgIpc) is 2.79. The van der Waals surface area contributed by atoms with E-state index in [9.17, 15) is 9.59 Å². The van der Waals surface area contributed by atoms with Gasteiger partial charge in [-0.1, -0.05) is 6.07 Å². The molecule has 0 aliphatic carbocycles. The molecule has 0 bridgehead atoms. The number of pyridine rings is 2. The molecule has 1 atom stereocenters. The van der Waals surface area contributed by atoms with Crippen LogP contribution in [0, 0.1) is 5.92 Å². The van der Waals surface area contributed by atoms with Crippen LogP contribution in [0.25, 0.3) is 0 Å². The molecule has 0 saturated carbocycles. The van der Waals surface area contributed by atoms with Gasteiger partial charge in [-0.05, 0) is 50.5 Å². The number of nitrogens with one attached hydrogen (secondary N) is 1. The monoisotopic (exact) mass is 395 g/mol. The van der Waals surface area contributed by atoms with E-state index in [-0.39, 0.29) is 17.7 Å². The van der Waals surface area contributed by atoms with Gasteiger partial charge in [-0.3, -0.25) is 14.6 Å². The second-order valence-electron chi connectivity index (χ2n) is 7.24. The lowest BCUT2D eigenvalue weighted by Gasteiger charge is -2.35. The number of hydrogen-bond donors (Lipinski definition) is 1. The fourth-order valence-corrected chi connectivity index (χ4v) is 3.70. The molecule has 1 saturated heterocycles. The van der Waals surface area contributed by atoms with Crippen LogP contribution in [0.2, 0.25) is 0 Å². The summed E-state index contributed by atoms with van der Waals surface area (Å²) in [7, 11) is 0. The molecule has 7 heteroatoms. The number of hydrogen-bond acceptors (Lipinski definition) is 5. The Morgan fingerprint density at radius 1 is 1.24 bits per heavy atom. The van der Waals surface area contributed by atoms with Gasteiger partial charge in [0.1, 0.15) is 5.82 Å². The Kier molecular flexibility index (Phi) is 7.16. The van der Waals surface area contributed by atoms with E-state index in [0.29, 0.717) is 18.7 Å². The molecule has 3 rings (SSSR count). The smallest absolute Gasteiger partial charge is 0.251 e. The zero-order valence-electron chi connectivity index (χ0n) is 17.2. The molecule has 1 aliphatic rings. The van der Waals surface area contributed by atoms with Crippen molar-refractivity contribution in [3.05, 3.63) is 54.0 Å². The van der Waals surface area contributed by atoms with E-state index in [1.165, 1.54) is 0 Å². The van der Waals surface area contributed by atoms with Crippen LogP contribution in [0.5, 0.6) is 0 Å².